The van der Waals surface area contributed by atoms with Gasteiger partial charge in [0.25, 0.3) is 0 Å². The van der Waals surface area contributed by atoms with Gasteiger partial charge < -0.3 is 5.32 Å². The van der Waals surface area contributed by atoms with Gasteiger partial charge in [-0.2, -0.15) is 5.10 Å². The molecule has 1 aromatic carbocycles. The molecule has 3 heteroatoms. The second kappa shape index (κ2) is 4.66. The Morgan fingerprint density at radius 2 is 2.19 bits per heavy atom. The van der Waals surface area contributed by atoms with E-state index in [2.05, 4.69) is 54.5 Å². The van der Waals surface area contributed by atoms with E-state index in [1.165, 1.54) is 10.9 Å². The highest BCUT2D eigenvalue weighted by Crippen LogP contribution is 2.20. The van der Waals surface area contributed by atoms with Crippen LogP contribution in [0, 0.1) is 6.92 Å². The maximum Gasteiger partial charge on any atom is 0.0926 e. The molecule has 2 aromatic rings. The van der Waals surface area contributed by atoms with E-state index in [1.807, 2.05) is 0 Å². The van der Waals surface area contributed by atoms with Crippen LogP contribution in [0.25, 0.3) is 10.9 Å². The number of aromatic nitrogens is 2. The van der Waals surface area contributed by atoms with Crippen molar-refractivity contribution < 1.29 is 0 Å². The molecule has 0 saturated heterocycles. The summed E-state index contributed by atoms with van der Waals surface area (Å²) in [5, 5.41) is 12.0. The molecule has 0 radical (unpaired) electrons. The lowest BCUT2D eigenvalue weighted by atomic mass is 10.1. The van der Waals surface area contributed by atoms with Crippen LogP contribution in [0.5, 0.6) is 0 Å². The quantitative estimate of drug-likeness (QED) is 0.825. The first kappa shape index (κ1) is 11.1. The fourth-order valence-electron chi connectivity index (χ4n) is 2.02. The van der Waals surface area contributed by atoms with Crippen LogP contribution in [0.3, 0.4) is 0 Å². The van der Waals surface area contributed by atoms with Crippen LogP contribution in [0.4, 0.5) is 0 Å². The molecular weight excluding hydrogens is 198 g/mol. The molecule has 16 heavy (non-hydrogen) atoms. The molecular formula is C13H19N3. The van der Waals surface area contributed by atoms with E-state index in [1.54, 1.807) is 0 Å². The summed E-state index contributed by atoms with van der Waals surface area (Å²) in [5.74, 6) is 0. The van der Waals surface area contributed by atoms with E-state index < -0.39 is 0 Å². The fourth-order valence-corrected chi connectivity index (χ4v) is 2.02. The molecule has 0 fully saturated rings. The molecule has 0 spiro atoms. The van der Waals surface area contributed by atoms with Crippen molar-refractivity contribution in [3.63, 3.8) is 0 Å². The number of hydrogen-bond donors (Lipinski definition) is 2. The summed E-state index contributed by atoms with van der Waals surface area (Å²) in [6.07, 6.45) is 1.05. The minimum absolute atomic E-state index is 0.546. The topological polar surface area (TPSA) is 40.7 Å². The summed E-state index contributed by atoms with van der Waals surface area (Å²) in [5.41, 5.74) is 3.60. The Morgan fingerprint density at radius 1 is 1.38 bits per heavy atom. The van der Waals surface area contributed by atoms with Crippen molar-refractivity contribution in [3.8, 4) is 0 Å². The molecule has 2 rings (SSSR count). The minimum atomic E-state index is 0.546. The largest absolute Gasteiger partial charge is 0.314 e. The van der Waals surface area contributed by atoms with E-state index in [9.17, 15) is 0 Å². The Bertz CT molecular complexity index is 471. The number of H-pyrrole nitrogens is 1. The summed E-state index contributed by atoms with van der Waals surface area (Å²) in [4.78, 5) is 0. The van der Waals surface area contributed by atoms with Crippen LogP contribution in [-0.2, 0) is 6.42 Å². The van der Waals surface area contributed by atoms with Gasteiger partial charge in [-0.25, -0.2) is 0 Å². The van der Waals surface area contributed by atoms with Gasteiger partial charge in [0, 0.05) is 17.1 Å². The Hall–Kier alpha value is -1.35. The third-order valence-electron chi connectivity index (χ3n) is 2.79. The molecule has 2 N–H and O–H groups in total. The summed E-state index contributed by atoms with van der Waals surface area (Å²) in [6, 6.07) is 6.86. The molecule has 0 aliphatic heterocycles. The maximum absolute atomic E-state index is 4.28. The number of nitrogens with one attached hydrogen (secondary N) is 2. The van der Waals surface area contributed by atoms with Crippen molar-refractivity contribution in [3.05, 3.63) is 29.5 Å². The Morgan fingerprint density at radius 3 is 2.94 bits per heavy atom. The van der Waals surface area contributed by atoms with Crippen molar-refractivity contribution in [2.24, 2.45) is 0 Å². The van der Waals surface area contributed by atoms with Crippen LogP contribution in [0.1, 0.15) is 25.1 Å². The Kier molecular flexibility index (Phi) is 3.25. The second-order valence-electron chi connectivity index (χ2n) is 4.52. The highest BCUT2D eigenvalue weighted by molar-refractivity contribution is 5.84. The molecule has 86 valence electrons. The lowest BCUT2D eigenvalue weighted by Crippen LogP contribution is -2.24. The highest BCUT2D eigenvalue weighted by atomic mass is 15.1. The molecule has 0 bridgehead atoms. The molecule has 0 aliphatic rings. The summed E-state index contributed by atoms with van der Waals surface area (Å²) in [6.45, 7) is 7.43. The number of hydrogen-bond acceptors (Lipinski definition) is 2. The smallest absolute Gasteiger partial charge is 0.0926 e. The molecule has 3 nitrogen and oxygen atoms in total. The van der Waals surface area contributed by atoms with Gasteiger partial charge in [0.1, 0.15) is 0 Å². The van der Waals surface area contributed by atoms with E-state index in [-0.39, 0.29) is 0 Å². The third-order valence-corrected chi connectivity index (χ3v) is 2.79. The third kappa shape index (κ3) is 2.25. The Labute approximate surface area is 96.2 Å². The lowest BCUT2D eigenvalue weighted by Gasteiger charge is -2.08. The van der Waals surface area contributed by atoms with E-state index in [0.29, 0.717) is 6.04 Å². The zero-order chi connectivity index (χ0) is 11.5. The van der Waals surface area contributed by atoms with Crippen molar-refractivity contribution >= 4 is 10.9 Å². The van der Waals surface area contributed by atoms with Gasteiger partial charge in [0.15, 0.2) is 0 Å². The minimum Gasteiger partial charge on any atom is -0.314 e. The van der Waals surface area contributed by atoms with Gasteiger partial charge in [0.2, 0.25) is 0 Å². The molecule has 1 aromatic heterocycles. The van der Waals surface area contributed by atoms with E-state index in [4.69, 9.17) is 0 Å². The molecule has 0 atom stereocenters. The van der Waals surface area contributed by atoms with Gasteiger partial charge in [0.05, 0.1) is 5.52 Å². The number of benzene rings is 1. The van der Waals surface area contributed by atoms with Crippen LogP contribution in [0.2, 0.25) is 0 Å². The predicted octanol–water partition coefficient (Wildman–Crippen LogP) is 2.41. The normalized spacial score (nSPS) is 11.5. The zero-order valence-electron chi connectivity index (χ0n) is 10.2. The van der Waals surface area contributed by atoms with Crippen molar-refractivity contribution in [1.82, 2.24) is 15.5 Å². The number of rotatable bonds is 4. The monoisotopic (exact) mass is 217 g/mol. The standard InChI is InChI=1S/C13H19N3/c1-9(2)14-8-7-11-5-4-6-12-13(11)10(3)15-16-12/h4-6,9,14H,7-8H2,1-3H3,(H,15,16). The van der Waals surface area contributed by atoms with Crippen LogP contribution in [-0.4, -0.2) is 22.8 Å². The number of aromatic amines is 1. The van der Waals surface area contributed by atoms with Gasteiger partial charge in [-0.15, -0.1) is 0 Å². The predicted molar refractivity (Wildman–Crippen MR) is 67.7 cm³/mol. The lowest BCUT2D eigenvalue weighted by molar-refractivity contribution is 0.591. The van der Waals surface area contributed by atoms with Gasteiger partial charge in [-0.1, -0.05) is 26.0 Å². The molecule has 0 unspecified atom stereocenters. The zero-order valence-corrected chi connectivity index (χ0v) is 10.2. The van der Waals surface area contributed by atoms with Crippen LogP contribution >= 0.6 is 0 Å². The van der Waals surface area contributed by atoms with E-state index >= 15 is 0 Å². The molecule has 0 amide bonds. The SMILES string of the molecule is Cc1[nH]nc2cccc(CCNC(C)C)c12. The first-order valence-corrected chi connectivity index (χ1v) is 5.84. The van der Waals surface area contributed by atoms with Crippen molar-refractivity contribution in [2.45, 2.75) is 33.2 Å². The average molecular weight is 217 g/mol. The van der Waals surface area contributed by atoms with Crippen molar-refractivity contribution in [2.75, 3.05) is 6.54 Å². The van der Waals surface area contributed by atoms with Gasteiger partial charge in [-0.3, -0.25) is 5.10 Å². The summed E-state index contributed by atoms with van der Waals surface area (Å²) in [7, 11) is 0. The first-order valence-electron chi connectivity index (χ1n) is 5.84. The van der Waals surface area contributed by atoms with Crippen LogP contribution < -0.4 is 5.32 Å². The second-order valence-corrected chi connectivity index (χ2v) is 4.52. The number of aryl methyl sites for hydroxylation is 1. The fraction of sp³-hybridized carbons (Fsp3) is 0.462. The molecule has 0 saturated carbocycles. The molecule has 0 aliphatic carbocycles. The number of fused-ring (bicyclic) bond motifs is 1. The maximum atomic E-state index is 4.28. The highest BCUT2D eigenvalue weighted by Gasteiger charge is 2.06. The van der Waals surface area contributed by atoms with E-state index in [0.717, 1.165) is 24.2 Å². The van der Waals surface area contributed by atoms with Gasteiger partial charge in [-0.05, 0) is 31.5 Å². The summed E-state index contributed by atoms with van der Waals surface area (Å²) < 4.78 is 0. The first-order chi connectivity index (χ1) is 7.68. The Balaban J connectivity index is 2.20. The van der Waals surface area contributed by atoms with Crippen LogP contribution in [0.15, 0.2) is 18.2 Å². The average Bonchev–Trinajstić information content (AvgIpc) is 2.61. The molecule has 1 heterocycles. The summed E-state index contributed by atoms with van der Waals surface area (Å²) >= 11 is 0. The number of nitrogens with zero attached hydrogens (tertiary/aromatic N) is 1. The van der Waals surface area contributed by atoms with Gasteiger partial charge >= 0.3 is 0 Å². The van der Waals surface area contributed by atoms with Crippen molar-refractivity contribution in [1.29, 1.82) is 0 Å².